The van der Waals surface area contributed by atoms with E-state index in [1.807, 2.05) is 6.07 Å². The fourth-order valence-electron chi connectivity index (χ4n) is 3.48. The molecule has 0 aliphatic heterocycles. The molecule has 0 unspecified atom stereocenters. The Bertz CT molecular complexity index is 1600. The van der Waals surface area contributed by atoms with Gasteiger partial charge in [-0.25, -0.2) is 0 Å². The summed E-state index contributed by atoms with van der Waals surface area (Å²) in [4.78, 5) is 23.8. The highest BCUT2D eigenvalue weighted by atomic mass is 31.2. The first-order valence-corrected chi connectivity index (χ1v) is 16.3. The monoisotopic (exact) mass is 541 g/mol. The lowest BCUT2D eigenvalue weighted by molar-refractivity contribution is 0.480. The van der Waals surface area contributed by atoms with Crippen LogP contribution in [0.25, 0.3) is 0 Å². The molecule has 4 rings (SSSR count). The summed E-state index contributed by atoms with van der Waals surface area (Å²) in [6.07, 6.45) is 0. The smallest absolute Gasteiger partial charge is 0.253 e. The average Bonchev–Trinajstić information content (AvgIpc) is 2.83. The highest BCUT2D eigenvalue weighted by Gasteiger charge is 2.24. The molecule has 4 aromatic rings. The third kappa shape index (κ3) is 6.31. The maximum absolute atomic E-state index is 12.2. The van der Waals surface area contributed by atoms with Crippen molar-refractivity contribution in [2.45, 2.75) is 0 Å². The van der Waals surface area contributed by atoms with E-state index in [0.29, 0.717) is 16.3 Å². The van der Waals surface area contributed by atoms with E-state index in [4.69, 9.17) is 5.73 Å². The van der Waals surface area contributed by atoms with Gasteiger partial charge in [-0.3, -0.25) is 9.59 Å². The topological polar surface area (TPSA) is 159 Å². The first kappa shape index (κ1) is 27.8. The standard InChI is InChI=1S/C18H17N2O4P.C8H12NO2P/c1-25(2,24)13-10-6-9-12(16(13)21)20-15-14(17(22)18(15)23)19-11-7-4-3-5-8-11;1-12(2,11)7-5-3-4-6(9)8(7)10/h3-10,19-21H,1-2H3;3-5,10H,9H2,1-2H3. The van der Waals surface area contributed by atoms with Crippen molar-refractivity contribution in [2.75, 3.05) is 43.0 Å². The van der Waals surface area contributed by atoms with E-state index in [0.717, 1.165) is 0 Å². The number of hydrogen-bond acceptors (Lipinski definition) is 9. The molecule has 194 valence electrons. The zero-order valence-corrected chi connectivity index (χ0v) is 22.6. The van der Waals surface area contributed by atoms with Gasteiger partial charge < -0.3 is 35.7 Å². The van der Waals surface area contributed by atoms with E-state index in [-0.39, 0.29) is 34.2 Å². The van der Waals surface area contributed by atoms with Crippen LogP contribution < -0.4 is 37.8 Å². The van der Waals surface area contributed by atoms with E-state index in [2.05, 4.69) is 10.6 Å². The van der Waals surface area contributed by atoms with Crippen molar-refractivity contribution in [3.63, 3.8) is 0 Å². The summed E-state index contributed by atoms with van der Waals surface area (Å²) in [5.74, 6) is -0.236. The van der Waals surface area contributed by atoms with Crippen molar-refractivity contribution in [2.24, 2.45) is 0 Å². The molecule has 0 saturated carbocycles. The van der Waals surface area contributed by atoms with Crippen LogP contribution in [0.5, 0.6) is 11.5 Å². The molecular formula is C26H29N3O6P2. The Balaban J connectivity index is 0.000000266. The summed E-state index contributed by atoms with van der Waals surface area (Å²) in [6.45, 7) is 6.29. The van der Waals surface area contributed by atoms with Gasteiger partial charge in [0.25, 0.3) is 10.9 Å². The van der Waals surface area contributed by atoms with Crippen molar-refractivity contribution in [1.82, 2.24) is 0 Å². The first-order chi connectivity index (χ1) is 17.2. The van der Waals surface area contributed by atoms with E-state index in [1.165, 1.54) is 0 Å². The van der Waals surface area contributed by atoms with Crippen LogP contribution in [0.3, 0.4) is 0 Å². The molecule has 6 N–H and O–H groups in total. The zero-order chi connectivity index (χ0) is 27.5. The van der Waals surface area contributed by atoms with Crippen LogP contribution in [-0.2, 0) is 9.13 Å². The molecular weight excluding hydrogens is 512 g/mol. The SMILES string of the molecule is CP(C)(=O)c1cccc(N)c1O.CP(C)(=O)c1cccc(Nc2c(Nc3ccccc3)c(=O)c2=O)c1O. The first-order valence-electron chi connectivity index (χ1n) is 11.1. The minimum Gasteiger partial charge on any atom is -0.505 e. The van der Waals surface area contributed by atoms with E-state index < -0.39 is 25.1 Å². The second-order valence-corrected chi connectivity index (χ2v) is 15.5. The second kappa shape index (κ2) is 10.7. The van der Waals surface area contributed by atoms with Crippen LogP contribution in [0, 0.1) is 0 Å². The van der Waals surface area contributed by atoms with E-state index in [1.54, 1.807) is 87.3 Å². The van der Waals surface area contributed by atoms with Crippen molar-refractivity contribution in [1.29, 1.82) is 0 Å². The van der Waals surface area contributed by atoms with Crippen LogP contribution >= 0.6 is 14.3 Å². The van der Waals surface area contributed by atoms with Gasteiger partial charge in [-0.05, 0) is 63.1 Å². The van der Waals surface area contributed by atoms with Gasteiger partial charge in [0.1, 0.15) is 37.2 Å². The van der Waals surface area contributed by atoms with Gasteiger partial charge in [-0.15, -0.1) is 0 Å². The predicted octanol–water partition coefficient (Wildman–Crippen LogP) is 3.95. The number of anilines is 5. The lowest BCUT2D eigenvalue weighted by Gasteiger charge is -2.17. The molecule has 0 radical (unpaired) electrons. The second-order valence-electron chi connectivity index (χ2n) is 9.11. The van der Waals surface area contributed by atoms with E-state index in [9.17, 15) is 28.9 Å². The normalized spacial score (nSPS) is 11.5. The molecule has 4 aromatic carbocycles. The number of phenolic OH excluding ortho intramolecular Hbond substituents is 2. The van der Waals surface area contributed by atoms with Crippen LogP contribution in [0.1, 0.15) is 0 Å². The predicted molar refractivity (Wildman–Crippen MR) is 153 cm³/mol. The number of hydrogen-bond donors (Lipinski definition) is 5. The van der Waals surface area contributed by atoms with Gasteiger partial charge >= 0.3 is 0 Å². The Morgan fingerprint density at radius 3 is 1.65 bits per heavy atom. The van der Waals surface area contributed by atoms with Crippen LogP contribution in [0.15, 0.2) is 76.3 Å². The molecule has 0 fully saturated rings. The molecule has 11 heteroatoms. The Morgan fingerprint density at radius 2 is 1.14 bits per heavy atom. The number of nitrogens with one attached hydrogen (secondary N) is 2. The number of phenols is 2. The summed E-state index contributed by atoms with van der Waals surface area (Å²) in [7, 11) is -5.10. The maximum atomic E-state index is 12.2. The van der Waals surface area contributed by atoms with Crippen LogP contribution in [0.2, 0.25) is 0 Å². The molecule has 0 aromatic heterocycles. The molecule has 0 amide bonds. The van der Waals surface area contributed by atoms with Crippen molar-refractivity contribution < 1.29 is 19.3 Å². The molecule has 0 aliphatic carbocycles. The van der Waals surface area contributed by atoms with E-state index >= 15 is 0 Å². The number of nitrogens with two attached hydrogens (primary N) is 1. The molecule has 0 aliphatic rings. The Morgan fingerprint density at radius 1 is 0.649 bits per heavy atom. The number of para-hydroxylation sites is 3. The van der Waals surface area contributed by atoms with Gasteiger partial charge in [-0.2, -0.15) is 0 Å². The zero-order valence-electron chi connectivity index (χ0n) is 20.9. The molecule has 0 bridgehead atoms. The molecule has 0 atom stereocenters. The number of aromatic hydroxyl groups is 2. The fourth-order valence-corrected chi connectivity index (χ4v) is 5.64. The largest absolute Gasteiger partial charge is 0.505 e. The summed E-state index contributed by atoms with van der Waals surface area (Å²) in [5, 5.41) is 26.2. The Labute approximate surface area is 214 Å². The minimum absolute atomic E-state index is 0.0502. The summed E-state index contributed by atoms with van der Waals surface area (Å²) in [6, 6.07) is 18.6. The van der Waals surface area contributed by atoms with Crippen molar-refractivity contribution >= 4 is 53.3 Å². The van der Waals surface area contributed by atoms with Gasteiger partial charge in [0.15, 0.2) is 0 Å². The molecule has 0 saturated heterocycles. The molecule has 37 heavy (non-hydrogen) atoms. The third-order valence-corrected chi connectivity index (χ3v) is 8.48. The highest BCUT2D eigenvalue weighted by molar-refractivity contribution is 7.70. The van der Waals surface area contributed by atoms with Gasteiger partial charge in [0.2, 0.25) is 0 Å². The average molecular weight is 541 g/mol. The van der Waals surface area contributed by atoms with Crippen molar-refractivity contribution in [3.05, 3.63) is 87.2 Å². The fraction of sp³-hybridized carbons (Fsp3) is 0.154. The Kier molecular flexibility index (Phi) is 8.01. The van der Waals surface area contributed by atoms with Crippen LogP contribution in [0.4, 0.5) is 28.4 Å². The summed E-state index contributed by atoms with van der Waals surface area (Å²) < 4.78 is 23.8. The minimum atomic E-state index is -2.69. The maximum Gasteiger partial charge on any atom is 0.253 e. The van der Waals surface area contributed by atoms with Gasteiger partial charge in [0, 0.05) is 5.69 Å². The lowest BCUT2D eigenvalue weighted by atomic mass is 10.1. The van der Waals surface area contributed by atoms with Gasteiger partial charge in [0.05, 0.1) is 22.0 Å². The van der Waals surface area contributed by atoms with Crippen molar-refractivity contribution in [3.8, 4) is 11.5 Å². The van der Waals surface area contributed by atoms with Gasteiger partial charge in [-0.1, -0.05) is 30.3 Å². The molecule has 0 heterocycles. The summed E-state index contributed by atoms with van der Waals surface area (Å²) in [5.41, 5.74) is 5.53. The number of benzene rings is 3. The Hall–Kier alpha value is -3.80. The molecule has 0 spiro atoms. The number of rotatable bonds is 6. The number of nitrogen functional groups attached to an aromatic ring is 1. The highest BCUT2D eigenvalue weighted by Crippen LogP contribution is 2.41. The summed E-state index contributed by atoms with van der Waals surface area (Å²) >= 11 is 0. The lowest BCUT2D eigenvalue weighted by Crippen LogP contribution is -2.35. The molecule has 9 nitrogen and oxygen atoms in total. The quantitative estimate of drug-likeness (QED) is 0.105. The van der Waals surface area contributed by atoms with Crippen LogP contribution in [-0.4, -0.2) is 36.9 Å². The third-order valence-electron chi connectivity index (χ3n) is 5.43.